The monoisotopic (exact) mass is 420 g/mol. The van der Waals surface area contributed by atoms with Crippen molar-refractivity contribution in [3.05, 3.63) is 36.1 Å². The van der Waals surface area contributed by atoms with Gasteiger partial charge in [0.2, 0.25) is 5.78 Å². The standard InChI is InChI=1S/C28H36O3/c1-27(30)13-11-19-18(16-27)7-8-21-20(19)12-14-28(2)22(21)9-10-23(28)26(29)25-15-17-5-3-4-6-24(17)31-25/h3-6,15,18-23,30H,7-14,16H2,1-2H3/t18-,19+,20-,21-,22?,23-,27-,28+/m1/s1. The molecule has 3 nitrogen and oxygen atoms in total. The summed E-state index contributed by atoms with van der Waals surface area (Å²) >= 11 is 0. The second kappa shape index (κ2) is 6.94. The Balaban J connectivity index is 1.24. The molecule has 8 atom stereocenters. The first-order chi connectivity index (χ1) is 14.9. The van der Waals surface area contributed by atoms with E-state index in [0.717, 1.165) is 48.0 Å². The Bertz CT molecular complexity index is 970. The molecule has 0 spiro atoms. The van der Waals surface area contributed by atoms with E-state index in [4.69, 9.17) is 4.42 Å². The van der Waals surface area contributed by atoms with E-state index >= 15 is 0 Å². The van der Waals surface area contributed by atoms with Gasteiger partial charge in [0.1, 0.15) is 5.58 Å². The molecule has 166 valence electrons. The van der Waals surface area contributed by atoms with Gasteiger partial charge in [0, 0.05) is 11.3 Å². The highest BCUT2D eigenvalue weighted by Gasteiger charge is 2.59. The molecule has 4 fully saturated rings. The number of para-hydroxylation sites is 1. The van der Waals surface area contributed by atoms with Crippen LogP contribution in [0.25, 0.3) is 11.0 Å². The molecular formula is C28H36O3. The zero-order chi connectivity index (χ0) is 21.4. The van der Waals surface area contributed by atoms with Gasteiger partial charge in [0.25, 0.3) is 0 Å². The zero-order valence-electron chi connectivity index (χ0n) is 19.0. The van der Waals surface area contributed by atoms with Gasteiger partial charge in [0.05, 0.1) is 5.60 Å². The lowest BCUT2D eigenvalue weighted by atomic mass is 9.49. The lowest BCUT2D eigenvalue weighted by Gasteiger charge is -2.56. The number of carbonyl (C=O) groups is 1. The van der Waals surface area contributed by atoms with Crippen LogP contribution in [0.5, 0.6) is 0 Å². The Hall–Kier alpha value is -1.61. The summed E-state index contributed by atoms with van der Waals surface area (Å²) in [4.78, 5) is 13.6. The summed E-state index contributed by atoms with van der Waals surface area (Å²) in [5.74, 6) is 4.68. The third-order valence-electron chi connectivity index (χ3n) is 10.2. The SMILES string of the molecule is C[C@@]1(O)CC[C@H]2[C@H](CC[C@H]3C4CC[C@H](C(=O)c5cc6ccccc6o5)[C@@]4(C)CC[C@H]23)C1. The maximum atomic E-state index is 13.6. The first-order valence-corrected chi connectivity index (χ1v) is 12.6. The second-order valence-electron chi connectivity index (χ2n) is 11.9. The maximum Gasteiger partial charge on any atom is 0.201 e. The summed E-state index contributed by atoms with van der Waals surface area (Å²) < 4.78 is 5.99. The molecule has 0 saturated heterocycles. The van der Waals surface area contributed by atoms with E-state index in [1.54, 1.807) is 0 Å². The number of fused-ring (bicyclic) bond motifs is 6. The van der Waals surface area contributed by atoms with Crippen molar-refractivity contribution >= 4 is 16.8 Å². The average Bonchev–Trinajstić information content (AvgIpc) is 3.33. The van der Waals surface area contributed by atoms with Crippen LogP contribution in [0.2, 0.25) is 0 Å². The fourth-order valence-corrected chi connectivity index (χ4v) is 8.79. The second-order valence-corrected chi connectivity index (χ2v) is 11.9. The molecule has 1 aromatic heterocycles. The van der Waals surface area contributed by atoms with Crippen molar-refractivity contribution in [3.63, 3.8) is 0 Å². The van der Waals surface area contributed by atoms with Gasteiger partial charge < -0.3 is 9.52 Å². The molecule has 1 aromatic carbocycles. The van der Waals surface area contributed by atoms with Crippen LogP contribution in [0.4, 0.5) is 0 Å². The Labute approximate surface area is 185 Å². The highest BCUT2D eigenvalue weighted by atomic mass is 16.3. The van der Waals surface area contributed by atoms with Crippen LogP contribution in [0, 0.1) is 40.9 Å². The van der Waals surface area contributed by atoms with Crippen LogP contribution in [0.3, 0.4) is 0 Å². The summed E-state index contributed by atoms with van der Waals surface area (Å²) in [7, 11) is 0. The van der Waals surface area contributed by atoms with E-state index < -0.39 is 5.60 Å². The number of rotatable bonds is 2. The van der Waals surface area contributed by atoms with Gasteiger partial charge >= 0.3 is 0 Å². The van der Waals surface area contributed by atoms with E-state index in [9.17, 15) is 9.90 Å². The van der Waals surface area contributed by atoms with Crippen molar-refractivity contribution in [2.75, 3.05) is 0 Å². The lowest BCUT2D eigenvalue weighted by Crippen LogP contribution is -2.51. The van der Waals surface area contributed by atoms with Gasteiger partial charge in [-0.2, -0.15) is 0 Å². The van der Waals surface area contributed by atoms with Crippen molar-refractivity contribution in [1.29, 1.82) is 0 Å². The van der Waals surface area contributed by atoms with Crippen LogP contribution in [0.1, 0.15) is 82.2 Å². The molecular weight excluding hydrogens is 384 g/mol. The average molecular weight is 421 g/mol. The van der Waals surface area contributed by atoms with Crippen molar-refractivity contribution in [2.24, 2.45) is 40.9 Å². The summed E-state index contributed by atoms with van der Waals surface area (Å²) in [5, 5.41) is 11.6. The third-order valence-corrected chi connectivity index (χ3v) is 10.2. The Kier molecular flexibility index (Phi) is 4.49. The fraction of sp³-hybridized carbons (Fsp3) is 0.679. The maximum absolute atomic E-state index is 13.6. The molecule has 1 N–H and O–H groups in total. The molecule has 1 heterocycles. The van der Waals surface area contributed by atoms with E-state index in [0.29, 0.717) is 17.6 Å². The molecule has 0 bridgehead atoms. The molecule has 4 aliphatic carbocycles. The normalized spacial score (nSPS) is 44.5. The molecule has 4 aliphatic rings. The minimum absolute atomic E-state index is 0.101. The number of benzene rings is 1. The van der Waals surface area contributed by atoms with Crippen molar-refractivity contribution in [2.45, 2.75) is 77.2 Å². The summed E-state index contributed by atoms with van der Waals surface area (Å²) in [6, 6.07) is 9.91. The van der Waals surface area contributed by atoms with Gasteiger partial charge in [-0.25, -0.2) is 0 Å². The fourth-order valence-electron chi connectivity index (χ4n) is 8.79. The topological polar surface area (TPSA) is 50.4 Å². The molecule has 6 rings (SSSR count). The molecule has 31 heavy (non-hydrogen) atoms. The molecule has 0 radical (unpaired) electrons. The minimum atomic E-state index is -0.450. The van der Waals surface area contributed by atoms with Gasteiger partial charge in [-0.15, -0.1) is 0 Å². The largest absolute Gasteiger partial charge is 0.453 e. The number of Topliss-reactive ketones (excluding diaryl/α,β-unsaturated/α-hetero) is 1. The number of furan rings is 1. The van der Waals surface area contributed by atoms with Crippen LogP contribution in [-0.4, -0.2) is 16.5 Å². The first kappa shape index (κ1) is 20.0. The number of hydrogen-bond acceptors (Lipinski definition) is 3. The van der Waals surface area contributed by atoms with Gasteiger partial charge in [-0.1, -0.05) is 25.1 Å². The minimum Gasteiger partial charge on any atom is -0.453 e. The lowest BCUT2D eigenvalue weighted by molar-refractivity contribution is -0.0976. The number of hydrogen-bond donors (Lipinski definition) is 1. The number of ketones is 1. The van der Waals surface area contributed by atoms with Crippen LogP contribution in [0.15, 0.2) is 34.7 Å². The smallest absolute Gasteiger partial charge is 0.201 e. The zero-order valence-corrected chi connectivity index (χ0v) is 19.0. The Morgan fingerprint density at radius 3 is 2.61 bits per heavy atom. The predicted octanol–water partition coefficient (Wildman–Crippen LogP) is 6.64. The van der Waals surface area contributed by atoms with Crippen molar-refractivity contribution in [1.82, 2.24) is 0 Å². The Morgan fingerprint density at radius 1 is 0.968 bits per heavy atom. The Morgan fingerprint density at radius 2 is 1.77 bits per heavy atom. The highest BCUT2D eigenvalue weighted by molar-refractivity contribution is 5.99. The molecule has 1 unspecified atom stereocenters. The van der Waals surface area contributed by atoms with Crippen LogP contribution in [-0.2, 0) is 0 Å². The van der Waals surface area contributed by atoms with Gasteiger partial charge in [-0.05, 0) is 112 Å². The van der Waals surface area contributed by atoms with Crippen LogP contribution < -0.4 is 0 Å². The van der Waals surface area contributed by atoms with Gasteiger partial charge in [0.15, 0.2) is 5.76 Å². The summed E-state index contributed by atoms with van der Waals surface area (Å²) in [6.45, 7) is 4.46. The van der Waals surface area contributed by atoms with E-state index in [1.807, 2.05) is 37.3 Å². The van der Waals surface area contributed by atoms with E-state index in [1.165, 1.54) is 38.5 Å². The quantitative estimate of drug-likeness (QED) is 0.554. The number of carbonyl (C=O) groups excluding carboxylic acids is 1. The molecule has 3 heteroatoms. The predicted molar refractivity (Wildman–Crippen MR) is 122 cm³/mol. The summed E-state index contributed by atoms with van der Waals surface area (Å²) in [6.07, 6.45) is 10.4. The molecule has 0 amide bonds. The van der Waals surface area contributed by atoms with E-state index in [2.05, 4.69) is 6.92 Å². The van der Waals surface area contributed by atoms with Crippen LogP contribution >= 0.6 is 0 Å². The summed E-state index contributed by atoms with van der Waals surface area (Å²) in [5.41, 5.74) is 0.486. The molecule has 2 aromatic rings. The van der Waals surface area contributed by atoms with Crippen molar-refractivity contribution < 1.29 is 14.3 Å². The highest BCUT2D eigenvalue weighted by Crippen LogP contribution is 2.65. The first-order valence-electron chi connectivity index (χ1n) is 12.6. The third kappa shape index (κ3) is 3.06. The van der Waals surface area contributed by atoms with Crippen molar-refractivity contribution in [3.8, 4) is 0 Å². The number of aliphatic hydroxyl groups is 1. The van der Waals surface area contributed by atoms with E-state index in [-0.39, 0.29) is 17.1 Å². The van der Waals surface area contributed by atoms with Gasteiger partial charge in [-0.3, -0.25) is 4.79 Å². The molecule has 0 aliphatic heterocycles. The molecule has 4 saturated carbocycles.